The first kappa shape index (κ1) is 14.7. The highest BCUT2D eigenvalue weighted by Gasteiger charge is 2.27. The lowest BCUT2D eigenvalue weighted by Crippen LogP contribution is -2.27. The summed E-state index contributed by atoms with van der Waals surface area (Å²) >= 11 is 1.80. The first-order valence-electron chi connectivity index (χ1n) is 7.66. The average molecular weight is 305 g/mol. The third-order valence-electron chi connectivity index (χ3n) is 4.11. The molecule has 2 aromatic rings. The van der Waals surface area contributed by atoms with Crippen LogP contribution in [-0.4, -0.2) is 10.1 Å². The van der Waals surface area contributed by atoms with Gasteiger partial charge >= 0.3 is 0 Å². The van der Waals surface area contributed by atoms with E-state index in [0.29, 0.717) is 11.7 Å². The molecule has 2 heterocycles. The van der Waals surface area contributed by atoms with Crippen molar-refractivity contribution in [1.82, 2.24) is 10.1 Å². The Morgan fingerprint density at radius 2 is 2.00 bits per heavy atom. The topological polar surface area (TPSA) is 64.9 Å². The molecule has 0 radical (unpaired) electrons. The molecule has 0 aromatic carbocycles. The van der Waals surface area contributed by atoms with Crippen molar-refractivity contribution in [2.75, 3.05) is 0 Å². The fourth-order valence-electron chi connectivity index (χ4n) is 2.62. The minimum Gasteiger partial charge on any atom is -0.333 e. The lowest BCUT2D eigenvalue weighted by Gasteiger charge is -2.23. The zero-order valence-electron chi connectivity index (χ0n) is 13.0. The summed E-state index contributed by atoms with van der Waals surface area (Å²) in [5.74, 6) is 1.21. The molecular formula is C16H23N3OS. The monoisotopic (exact) mass is 305 g/mol. The molecular weight excluding hydrogens is 282 g/mol. The predicted octanol–water partition coefficient (Wildman–Crippen LogP) is 4.11. The van der Waals surface area contributed by atoms with Gasteiger partial charge in [-0.3, -0.25) is 0 Å². The van der Waals surface area contributed by atoms with Gasteiger partial charge in [-0.1, -0.05) is 32.3 Å². The fraction of sp³-hybridized carbons (Fsp3) is 0.625. The summed E-state index contributed by atoms with van der Waals surface area (Å²) in [6.45, 7) is 6.25. The van der Waals surface area contributed by atoms with E-state index in [-0.39, 0.29) is 11.5 Å². The van der Waals surface area contributed by atoms with E-state index >= 15 is 0 Å². The van der Waals surface area contributed by atoms with Gasteiger partial charge in [0.1, 0.15) is 0 Å². The molecule has 0 saturated carbocycles. The maximum absolute atomic E-state index is 6.20. The van der Waals surface area contributed by atoms with Gasteiger partial charge < -0.3 is 10.3 Å². The number of aromatic nitrogens is 2. The van der Waals surface area contributed by atoms with Crippen LogP contribution in [0.3, 0.4) is 0 Å². The molecule has 2 N–H and O–H groups in total. The molecule has 1 aliphatic carbocycles. The van der Waals surface area contributed by atoms with Crippen LogP contribution in [0.1, 0.15) is 62.3 Å². The minimum absolute atomic E-state index is 0.0756. The predicted molar refractivity (Wildman–Crippen MR) is 85.3 cm³/mol. The number of fused-ring (bicyclic) bond motifs is 1. The standard InChI is InChI=1S/C16H23N3OS/c1-16(2,3)13(17)14-18-15(20-19-14)12-9-10-7-5-4-6-8-11(10)21-12/h9,13H,4-8,17H2,1-3H3. The van der Waals surface area contributed by atoms with Gasteiger partial charge in [0.15, 0.2) is 5.82 Å². The van der Waals surface area contributed by atoms with Gasteiger partial charge in [0.05, 0.1) is 10.9 Å². The summed E-state index contributed by atoms with van der Waals surface area (Å²) in [5, 5.41) is 4.08. The Morgan fingerprint density at radius 3 is 2.76 bits per heavy atom. The van der Waals surface area contributed by atoms with Gasteiger partial charge in [0, 0.05) is 4.88 Å². The Balaban J connectivity index is 1.87. The maximum atomic E-state index is 6.20. The third-order valence-corrected chi connectivity index (χ3v) is 5.34. The van der Waals surface area contributed by atoms with Gasteiger partial charge in [-0.2, -0.15) is 4.98 Å². The smallest absolute Gasteiger partial charge is 0.268 e. The summed E-state index contributed by atoms with van der Waals surface area (Å²) in [6, 6.07) is 2.01. The highest BCUT2D eigenvalue weighted by atomic mass is 32.1. The van der Waals surface area contributed by atoms with Gasteiger partial charge in [0.25, 0.3) is 5.89 Å². The quantitative estimate of drug-likeness (QED) is 0.848. The van der Waals surface area contributed by atoms with Crippen molar-refractivity contribution in [1.29, 1.82) is 0 Å². The number of hydrogen-bond acceptors (Lipinski definition) is 5. The lowest BCUT2D eigenvalue weighted by molar-refractivity contribution is 0.303. The minimum atomic E-state index is -0.215. The molecule has 0 amide bonds. The van der Waals surface area contributed by atoms with E-state index in [9.17, 15) is 0 Å². The van der Waals surface area contributed by atoms with Crippen LogP contribution in [0.25, 0.3) is 10.8 Å². The van der Waals surface area contributed by atoms with Crippen LogP contribution >= 0.6 is 11.3 Å². The second-order valence-electron chi connectivity index (χ2n) is 6.92. The summed E-state index contributed by atoms with van der Waals surface area (Å²) in [7, 11) is 0. The summed E-state index contributed by atoms with van der Waals surface area (Å²) in [5.41, 5.74) is 7.59. The summed E-state index contributed by atoms with van der Waals surface area (Å²) < 4.78 is 5.45. The molecule has 0 saturated heterocycles. The van der Waals surface area contributed by atoms with Crippen LogP contribution < -0.4 is 5.73 Å². The highest BCUT2D eigenvalue weighted by Crippen LogP contribution is 2.36. The van der Waals surface area contributed by atoms with Crippen LogP contribution in [0, 0.1) is 5.41 Å². The van der Waals surface area contributed by atoms with Crippen molar-refractivity contribution in [3.63, 3.8) is 0 Å². The number of thiophene rings is 1. The molecule has 0 aliphatic heterocycles. The molecule has 0 fully saturated rings. The second kappa shape index (κ2) is 5.54. The third kappa shape index (κ3) is 3.04. The van der Waals surface area contributed by atoms with Crippen molar-refractivity contribution < 1.29 is 4.52 Å². The van der Waals surface area contributed by atoms with Crippen molar-refractivity contribution in [3.05, 3.63) is 22.3 Å². The number of rotatable bonds is 2. The van der Waals surface area contributed by atoms with Gasteiger partial charge in [-0.25, -0.2) is 0 Å². The Morgan fingerprint density at radius 1 is 1.24 bits per heavy atom. The Labute approximate surface area is 129 Å². The molecule has 5 heteroatoms. The van der Waals surface area contributed by atoms with Gasteiger partial charge in [-0.05, 0) is 42.7 Å². The zero-order chi connectivity index (χ0) is 15.0. The zero-order valence-corrected chi connectivity index (χ0v) is 13.8. The first-order chi connectivity index (χ1) is 9.95. The van der Waals surface area contributed by atoms with E-state index in [0.717, 1.165) is 4.88 Å². The molecule has 21 heavy (non-hydrogen) atoms. The number of hydrogen-bond donors (Lipinski definition) is 1. The van der Waals surface area contributed by atoms with Gasteiger partial charge in [-0.15, -0.1) is 11.3 Å². The van der Waals surface area contributed by atoms with Crippen molar-refractivity contribution >= 4 is 11.3 Å². The molecule has 1 unspecified atom stereocenters. The van der Waals surface area contributed by atoms with Crippen molar-refractivity contribution in [3.8, 4) is 10.8 Å². The fourth-order valence-corrected chi connectivity index (χ4v) is 3.80. The number of aryl methyl sites for hydroxylation is 2. The van der Waals surface area contributed by atoms with Crippen molar-refractivity contribution in [2.45, 2.75) is 58.9 Å². The van der Waals surface area contributed by atoms with Crippen LogP contribution in [0.2, 0.25) is 0 Å². The average Bonchev–Trinajstić information content (AvgIpc) is 2.99. The molecule has 0 bridgehead atoms. The van der Waals surface area contributed by atoms with E-state index < -0.39 is 0 Å². The molecule has 0 spiro atoms. The molecule has 1 aliphatic rings. The summed E-state index contributed by atoms with van der Waals surface area (Å²) in [4.78, 5) is 7.09. The molecule has 1 atom stereocenters. The maximum Gasteiger partial charge on any atom is 0.268 e. The van der Waals surface area contributed by atoms with Gasteiger partial charge in [0.2, 0.25) is 0 Å². The number of nitrogens with two attached hydrogens (primary N) is 1. The summed E-state index contributed by atoms with van der Waals surface area (Å²) in [6.07, 6.45) is 6.27. The van der Waals surface area contributed by atoms with Crippen LogP contribution in [0.15, 0.2) is 10.6 Å². The SMILES string of the molecule is CC(C)(C)C(N)c1noc(-c2cc3c(s2)CCCCC3)n1. The lowest BCUT2D eigenvalue weighted by atomic mass is 9.87. The normalized spacial score (nSPS) is 17.3. The van der Waals surface area contributed by atoms with E-state index in [1.165, 1.54) is 42.5 Å². The molecule has 2 aromatic heterocycles. The van der Waals surface area contributed by atoms with Crippen LogP contribution in [0.4, 0.5) is 0 Å². The van der Waals surface area contributed by atoms with Crippen LogP contribution in [-0.2, 0) is 12.8 Å². The Hall–Kier alpha value is -1.20. The molecule has 114 valence electrons. The van der Waals surface area contributed by atoms with Crippen LogP contribution in [0.5, 0.6) is 0 Å². The first-order valence-corrected chi connectivity index (χ1v) is 8.48. The Kier molecular flexibility index (Phi) is 3.88. The van der Waals surface area contributed by atoms with E-state index in [4.69, 9.17) is 10.3 Å². The van der Waals surface area contributed by atoms with E-state index in [1.807, 2.05) is 0 Å². The molecule has 4 nitrogen and oxygen atoms in total. The molecule has 3 rings (SSSR count). The van der Waals surface area contributed by atoms with Crippen molar-refractivity contribution in [2.24, 2.45) is 11.1 Å². The highest BCUT2D eigenvalue weighted by molar-refractivity contribution is 7.15. The number of nitrogens with zero attached hydrogens (tertiary/aromatic N) is 2. The Bertz CT molecular complexity index is 600. The largest absolute Gasteiger partial charge is 0.333 e. The van der Waals surface area contributed by atoms with E-state index in [2.05, 4.69) is 37.0 Å². The van der Waals surface area contributed by atoms with E-state index in [1.54, 1.807) is 11.3 Å². The second-order valence-corrected chi connectivity index (χ2v) is 8.06.